The number of nitrogens with one attached hydrogen (secondary N) is 1. The number of benzene rings is 1. The number of nitrogens with zero attached hydrogens (tertiary/aromatic N) is 3. The van der Waals surface area contributed by atoms with Gasteiger partial charge in [0, 0.05) is 29.3 Å². The van der Waals surface area contributed by atoms with Crippen LogP contribution in [-0.2, 0) is 0 Å². The minimum atomic E-state index is -0.0173. The number of rotatable bonds is 6. The lowest BCUT2D eigenvalue weighted by atomic mass is 9.96. The van der Waals surface area contributed by atoms with E-state index < -0.39 is 0 Å². The van der Waals surface area contributed by atoms with Crippen LogP contribution in [-0.4, -0.2) is 20.8 Å². The Morgan fingerprint density at radius 2 is 1.76 bits per heavy atom. The number of aryl methyl sites for hydroxylation is 1. The highest BCUT2D eigenvalue weighted by molar-refractivity contribution is 7.80. The molecule has 6 rings (SSSR count). The first-order valence-corrected chi connectivity index (χ1v) is 13.0. The van der Waals surface area contributed by atoms with E-state index in [2.05, 4.69) is 71.1 Å². The Morgan fingerprint density at radius 1 is 1.00 bits per heavy atom. The maximum absolute atomic E-state index is 6.21. The number of pyridine rings is 1. The summed E-state index contributed by atoms with van der Waals surface area (Å²) in [6.45, 7) is 4.49. The van der Waals surface area contributed by atoms with Gasteiger partial charge in [-0.25, -0.2) is 0 Å². The highest BCUT2D eigenvalue weighted by Crippen LogP contribution is 2.46. The van der Waals surface area contributed by atoms with E-state index in [4.69, 9.17) is 21.9 Å². The van der Waals surface area contributed by atoms with Crippen LogP contribution in [0.15, 0.2) is 54.7 Å². The molecular weight excluding hydrogens is 440 g/mol. The van der Waals surface area contributed by atoms with Crippen LogP contribution < -0.4 is 15.0 Å². The highest BCUT2D eigenvalue weighted by Gasteiger charge is 2.43. The van der Waals surface area contributed by atoms with Crippen molar-refractivity contribution in [1.29, 1.82) is 0 Å². The summed E-state index contributed by atoms with van der Waals surface area (Å²) < 4.78 is 8.73. The summed E-state index contributed by atoms with van der Waals surface area (Å²) in [7, 11) is 0. The molecule has 3 fully saturated rings. The first-order valence-electron chi connectivity index (χ1n) is 12.6. The van der Waals surface area contributed by atoms with Gasteiger partial charge >= 0.3 is 0 Å². The molecule has 2 saturated carbocycles. The Morgan fingerprint density at radius 3 is 2.44 bits per heavy atom. The molecule has 3 aromatic rings. The SMILES string of the molecule is Cc1cc([C@H]2[C@@H](c3ccccn3)NC(=S)N2c2ccc(OC3CCCC3)cc2)c(C)n1C1CC1. The van der Waals surface area contributed by atoms with E-state index >= 15 is 0 Å². The standard InChI is InChI=1S/C28H32N4OS/c1-18-17-24(19(2)31(18)20-10-11-20)27-26(25-9-5-6-16-29-25)30-28(34)32(27)21-12-14-23(15-13-21)33-22-7-3-4-8-22/h5-6,9,12-17,20,22,26-27H,3-4,7-8,10-11H2,1-2H3,(H,30,34)/t26-,27+/m1/s1. The van der Waals surface area contributed by atoms with Gasteiger partial charge in [-0.05, 0) is 113 Å². The molecule has 0 bridgehead atoms. The van der Waals surface area contributed by atoms with Gasteiger partial charge in [0.05, 0.1) is 23.9 Å². The molecule has 0 radical (unpaired) electrons. The Kier molecular flexibility index (Phi) is 5.56. The number of thiocarbonyl (C=S) groups is 1. The number of hydrogen-bond acceptors (Lipinski definition) is 3. The Bertz CT molecular complexity index is 1180. The average Bonchev–Trinajstić information content (AvgIpc) is 3.30. The fourth-order valence-corrected chi connectivity index (χ4v) is 6.18. The van der Waals surface area contributed by atoms with E-state index in [1.165, 1.54) is 42.6 Å². The molecule has 1 aliphatic heterocycles. The van der Waals surface area contributed by atoms with E-state index in [9.17, 15) is 0 Å². The van der Waals surface area contributed by atoms with Crippen LogP contribution in [0.4, 0.5) is 5.69 Å². The van der Waals surface area contributed by atoms with Crippen molar-refractivity contribution in [1.82, 2.24) is 14.9 Å². The van der Waals surface area contributed by atoms with Crippen LogP contribution in [0.1, 0.15) is 79.3 Å². The Hall–Kier alpha value is -2.86. The van der Waals surface area contributed by atoms with Gasteiger partial charge in [-0.15, -0.1) is 0 Å². The minimum absolute atomic E-state index is 0.0173. The second kappa shape index (κ2) is 8.73. The third-order valence-corrected chi connectivity index (χ3v) is 7.89. The molecule has 1 saturated heterocycles. The minimum Gasteiger partial charge on any atom is -0.490 e. The average molecular weight is 473 g/mol. The van der Waals surface area contributed by atoms with Crippen molar-refractivity contribution in [3.63, 3.8) is 0 Å². The quantitative estimate of drug-likeness (QED) is 0.425. The number of hydrogen-bond donors (Lipinski definition) is 1. The zero-order valence-corrected chi connectivity index (χ0v) is 20.7. The number of aromatic nitrogens is 2. The van der Waals surface area contributed by atoms with Crippen LogP contribution in [0.25, 0.3) is 0 Å². The van der Waals surface area contributed by atoms with Gasteiger partial charge in [-0.3, -0.25) is 4.98 Å². The lowest BCUT2D eigenvalue weighted by Crippen LogP contribution is -2.29. The second-order valence-electron chi connectivity index (χ2n) is 9.94. The van der Waals surface area contributed by atoms with E-state index in [1.54, 1.807) is 0 Å². The molecule has 0 unspecified atom stereocenters. The highest BCUT2D eigenvalue weighted by atomic mass is 32.1. The summed E-state index contributed by atoms with van der Waals surface area (Å²) in [5, 5.41) is 4.33. The molecule has 5 nitrogen and oxygen atoms in total. The first kappa shape index (κ1) is 21.7. The zero-order valence-electron chi connectivity index (χ0n) is 19.9. The van der Waals surface area contributed by atoms with Gasteiger partial charge in [0.2, 0.25) is 0 Å². The second-order valence-corrected chi connectivity index (χ2v) is 10.3. The first-order chi connectivity index (χ1) is 16.6. The molecule has 34 heavy (non-hydrogen) atoms. The normalized spacial score (nSPS) is 22.9. The molecule has 0 spiro atoms. The third kappa shape index (κ3) is 3.88. The van der Waals surface area contributed by atoms with E-state index in [-0.39, 0.29) is 12.1 Å². The summed E-state index contributed by atoms with van der Waals surface area (Å²) in [6, 6.07) is 17.6. The molecule has 2 aromatic heterocycles. The van der Waals surface area contributed by atoms with Crippen LogP contribution in [0, 0.1) is 13.8 Å². The molecule has 1 aromatic carbocycles. The Labute approximate surface area is 207 Å². The fraction of sp³-hybridized carbons (Fsp3) is 0.429. The monoisotopic (exact) mass is 472 g/mol. The lowest BCUT2D eigenvalue weighted by Gasteiger charge is -2.28. The van der Waals surface area contributed by atoms with Gasteiger partial charge < -0.3 is 19.5 Å². The molecule has 2 atom stereocenters. The zero-order chi connectivity index (χ0) is 23.2. The molecule has 176 valence electrons. The van der Waals surface area contributed by atoms with Gasteiger partial charge in [0.1, 0.15) is 5.75 Å². The smallest absolute Gasteiger partial charge is 0.174 e. The van der Waals surface area contributed by atoms with E-state index in [0.29, 0.717) is 12.1 Å². The predicted molar refractivity (Wildman–Crippen MR) is 139 cm³/mol. The summed E-state index contributed by atoms with van der Waals surface area (Å²) in [5.74, 6) is 0.943. The van der Waals surface area contributed by atoms with Crippen LogP contribution >= 0.6 is 12.2 Å². The van der Waals surface area contributed by atoms with Crippen LogP contribution in [0.3, 0.4) is 0 Å². The molecule has 2 aliphatic carbocycles. The summed E-state index contributed by atoms with van der Waals surface area (Å²) >= 11 is 5.92. The van der Waals surface area contributed by atoms with Gasteiger partial charge in [0.25, 0.3) is 0 Å². The van der Waals surface area contributed by atoms with E-state index in [1.807, 2.05) is 12.3 Å². The molecular formula is C28H32N4OS. The van der Waals surface area contributed by atoms with Crippen molar-refractivity contribution in [3.05, 3.63) is 77.4 Å². The van der Waals surface area contributed by atoms with Crippen LogP contribution in [0.2, 0.25) is 0 Å². The van der Waals surface area contributed by atoms with Crippen molar-refractivity contribution in [2.24, 2.45) is 0 Å². The molecule has 3 aliphatic rings. The van der Waals surface area contributed by atoms with Crippen molar-refractivity contribution < 1.29 is 4.74 Å². The summed E-state index contributed by atoms with van der Waals surface area (Å²) in [6.07, 6.45) is 9.62. The van der Waals surface area contributed by atoms with Gasteiger partial charge in [-0.1, -0.05) is 6.07 Å². The van der Waals surface area contributed by atoms with Crippen molar-refractivity contribution in [2.45, 2.75) is 76.6 Å². The number of anilines is 1. The lowest BCUT2D eigenvalue weighted by molar-refractivity contribution is 0.210. The Balaban J connectivity index is 1.38. The van der Waals surface area contributed by atoms with Crippen molar-refractivity contribution in [2.75, 3.05) is 4.90 Å². The summed E-state index contributed by atoms with van der Waals surface area (Å²) in [5.41, 5.74) is 6.07. The van der Waals surface area contributed by atoms with Crippen LogP contribution in [0.5, 0.6) is 5.75 Å². The maximum atomic E-state index is 6.21. The molecule has 0 amide bonds. The third-order valence-electron chi connectivity index (χ3n) is 7.57. The molecule has 1 N–H and O–H groups in total. The van der Waals surface area contributed by atoms with Gasteiger partial charge in [0.15, 0.2) is 5.11 Å². The number of ether oxygens (including phenoxy) is 1. The largest absolute Gasteiger partial charge is 0.490 e. The fourth-order valence-electron chi connectivity index (χ4n) is 5.83. The topological polar surface area (TPSA) is 42.3 Å². The molecule has 3 heterocycles. The van der Waals surface area contributed by atoms with Crippen molar-refractivity contribution in [3.8, 4) is 5.75 Å². The van der Waals surface area contributed by atoms with Gasteiger partial charge in [-0.2, -0.15) is 0 Å². The molecule has 6 heteroatoms. The van der Waals surface area contributed by atoms with E-state index in [0.717, 1.165) is 35.1 Å². The predicted octanol–water partition coefficient (Wildman–Crippen LogP) is 6.33. The maximum Gasteiger partial charge on any atom is 0.174 e. The summed E-state index contributed by atoms with van der Waals surface area (Å²) in [4.78, 5) is 6.97. The van der Waals surface area contributed by atoms with Crippen molar-refractivity contribution >= 4 is 23.0 Å².